The number of hydrogen-bond acceptors (Lipinski definition) is 4. The maximum absolute atomic E-state index is 12.1. The minimum Gasteiger partial charge on any atom is -0.392 e. The summed E-state index contributed by atoms with van der Waals surface area (Å²) in [6.07, 6.45) is 3.67. The van der Waals surface area contributed by atoms with Crippen LogP contribution in [0.4, 0.5) is 0 Å². The van der Waals surface area contributed by atoms with Gasteiger partial charge in [0.2, 0.25) is 5.91 Å². The van der Waals surface area contributed by atoms with E-state index >= 15 is 0 Å². The number of nitrogens with one attached hydrogen (secondary N) is 1. The van der Waals surface area contributed by atoms with Gasteiger partial charge < -0.3 is 15.8 Å². The second-order valence-corrected chi connectivity index (χ2v) is 5.94. The number of hydrogen-bond donors (Lipinski definition) is 2. The van der Waals surface area contributed by atoms with E-state index in [2.05, 4.69) is 10.2 Å². The van der Waals surface area contributed by atoms with Gasteiger partial charge in [-0.15, -0.1) is 0 Å². The van der Waals surface area contributed by atoms with Crippen molar-refractivity contribution in [1.29, 1.82) is 0 Å². The van der Waals surface area contributed by atoms with Crippen molar-refractivity contribution in [2.45, 2.75) is 31.7 Å². The van der Waals surface area contributed by atoms with Crippen LogP contribution in [0.3, 0.4) is 0 Å². The molecule has 5 nitrogen and oxygen atoms in total. The molecule has 19 heavy (non-hydrogen) atoms. The molecule has 0 spiro atoms. The Bertz CT molecular complexity index is 324. The van der Waals surface area contributed by atoms with Crippen LogP contribution in [-0.2, 0) is 9.53 Å². The SMILES string of the molecule is NC(=S)CN1CCC(NC(=O)C2CCOCC2)CC1. The Balaban J connectivity index is 1.69. The molecule has 2 fully saturated rings. The molecule has 2 aliphatic heterocycles. The van der Waals surface area contributed by atoms with Crippen LogP contribution < -0.4 is 11.1 Å². The van der Waals surface area contributed by atoms with Gasteiger partial charge in [0.1, 0.15) is 0 Å². The Kier molecular flexibility index (Phi) is 5.54. The second-order valence-electron chi connectivity index (χ2n) is 5.41. The van der Waals surface area contributed by atoms with Crippen molar-refractivity contribution >= 4 is 23.1 Å². The highest BCUT2D eigenvalue weighted by Gasteiger charge is 2.26. The Labute approximate surface area is 119 Å². The zero-order valence-corrected chi connectivity index (χ0v) is 12.1. The van der Waals surface area contributed by atoms with Gasteiger partial charge in [0.15, 0.2) is 0 Å². The summed E-state index contributed by atoms with van der Waals surface area (Å²) in [7, 11) is 0. The molecule has 0 bridgehead atoms. The minimum atomic E-state index is 0.142. The van der Waals surface area contributed by atoms with Crippen LogP contribution in [0, 0.1) is 5.92 Å². The molecular formula is C13H23N3O2S. The van der Waals surface area contributed by atoms with Crippen molar-refractivity contribution in [2.75, 3.05) is 32.8 Å². The molecule has 0 aromatic rings. The van der Waals surface area contributed by atoms with E-state index in [0.717, 1.165) is 38.8 Å². The van der Waals surface area contributed by atoms with E-state index in [0.29, 0.717) is 30.8 Å². The second kappa shape index (κ2) is 7.17. The van der Waals surface area contributed by atoms with E-state index in [1.807, 2.05) is 0 Å². The Morgan fingerprint density at radius 2 is 1.89 bits per heavy atom. The highest BCUT2D eigenvalue weighted by atomic mass is 32.1. The standard InChI is InChI=1S/C13H23N3O2S/c14-12(19)9-16-5-1-11(2-6-16)15-13(17)10-3-7-18-8-4-10/h10-11H,1-9H2,(H2,14,19)(H,15,17). The number of nitrogens with two attached hydrogens (primary N) is 1. The lowest BCUT2D eigenvalue weighted by atomic mass is 9.97. The zero-order chi connectivity index (χ0) is 13.7. The van der Waals surface area contributed by atoms with Crippen molar-refractivity contribution in [2.24, 2.45) is 11.7 Å². The van der Waals surface area contributed by atoms with E-state index in [-0.39, 0.29) is 11.8 Å². The van der Waals surface area contributed by atoms with Crippen LogP contribution >= 0.6 is 12.2 Å². The number of thiocarbonyl (C=S) groups is 1. The molecule has 2 saturated heterocycles. The molecule has 2 heterocycles. The average Bonchev–Trinajstić information content (AvgIpc) is 2.41. The van der Waals surface area contributed by atoms with Gasteiger partial charge in [-0.3, -0.25) is 9.69 Å². The maximum Gasteiger partial charge on any atom is 0.223 e. The smallest absolute Gasteiger partial charge is 0.223 e. The van der Waals surface area contributed by atoms with Crippen molar-refractivity contribution < 1.29 is 9.53 Å². The number of carbonyl (C=O) groups excluding carboxylic acids is 1. The van der Waals surface area contributed by atoms with Gasteiger partial charge in [-0.25, -0.2) is 0 Å². The molecule has 3 N–H and O–H groups in total. The van der Waals surface area contributed by atoms with Crippen molar-refractivity contribution in [3.8, 4) is 0 Å². The van der Waals surface area contributed by atoms with Crippen LogP contribution in [-0.4, -0.2) is 54.7 Å². The van der Waals surface area contributed by atoms with E-state index in [4.69, 9.17) is 22.7 Å². The molecule has 0 atom stereocenters. The lowest BCUT2D eigenvalue weighted by Crippen LogP contribution is -2.48. The predicted octanol–water partition coefficient (Wildman–Crippen LogP) is 0.280. The summed E-state index contributed by atoms with van der Waals surface area (Å²) < 4.78 is 5.28. The van der Waals surface area contributed by atoms with Gasteiger partial charge in [0.05, 0.1) is 4.99 Å². The molecule has 0 aromatic carbocycles. The summed E-state index contributed by atoms with van der Waals surface area (Å²) >= 11 is 4.92. The molecular weight excluding hydrogens is 262 g/mol. The lowest BCUT2D eigenvalue weighted by Gasteiger charge is -2.33. The zero-order valence-electron chi connectivity index (χ0n) is 11.3. The monoisotopic (exact) mass is 285 g/mol. The Morgan fingerprint density at radius 3 is 2.47 bits per heavy atom. The molecule has 0 aliphatic carbocycles. The summed E-state index contributed by atoms with van der Waals surface area (Å²) in [5.41, 5.74) is 5.54. The average molecular weight is 285 g/mol. The predicted molar refractivity (Wildman–Crippen MR) is 77.9 cm³/mol. The summed E-state index contributed by atoms with van der Waals surface area (Å²) in [5, 5.41) is 3.18. The molecule has 0 radical (unpaired) electrons. The molecule has 1 amide bonds. The molecule has 6 heteroatoms. The fourth-order valence-corrected chi connectivity index (χ4v) is 2.92. The number of ether oxygens (including phenoxy) is 1. The number of carbonyl (C=O) groups is 1. The van der Waals surface area contributed by atoms with Crippen LogP contribution in [0.2, 0.25) is 0 Å². The van der Waals surface area contributed by atoms with Crippen LogP contribution in [0.5, 0.6) is 0 Å². The fraction of sp³-hybridized carbons (Fsp3) is 0.846. The topological polar surface area (TPSA) is 67.6 Å². The van der Waals surface area contributed by atoms with Crippen molar-refractivity contribution in [3.05, 3.63) is 0 Å². The minimum absolute atomic E-state index is 0.142. The van der Waals surface area contributed by atoms with Gasteiger partial charge >= 0.3 is 0 Å². The van der Waals surface area contributed by atoms with Crippen molar-refractivity contribution in [1.82, 2.24) is 10.2 Å². The first-order valence-corrected chi connectivity index (χ1v) is 7.45. The Morgan fingerprint density at radius 1 is 1.26 bits per heavy atom. The van der Waals surface area contributed by atoms with Crippen molar-refractivity contribution in [3.63, 3.8) is 0 Å². The van der Waals surface area contributed by atoms with Gasteiger partial charge in [-0.05, 0) is 25.7 Å². The van der Waals surface area contributed by atoms with Crippen LogP contribution in [0.15, 0.2) is 0 Å². The van der Waals surface area contributed by atoms with Crippen LogP contribution in [0.1, 0.15) is 25.7 Å². The molecule has 0 aromatic heterocycles. The normalized spacial score (nSPS) is 23.2. The van der Waals surface area contributed by atoms with Crippen LogP contribution in [0.25, 0.3) is 0 Å². The highest BCUT2D eigenvalue weighted by Crippen LogP contribution is 2.16. The van der Waals surface area contributed by atoms with Gasteiger partial charge in [-0.1, -0.05) is 12.2 Å². The summed E-state index contributed by atoms with van der Waals surface area (Å²) in [4.78, 5) is 14.9. The molecule has 108 valence electrons. The molecule has 0 unspecified atom stereocenters. The van der Waals surface area contributed by atoms with E-state index in [1.165, 1.54) is 0 Å². The highest BCUT2D eigenvalue weighted by molar-refractivity contribution is 7.80. The van der Waals surface area contributed by atoms with E-state index in [9.17, 15) is 4.79 Å². The number of nitrogens with zero attached hydrogens (tertiary/aromatic N) is 1. The number of likely N-dealkylation sites (tertiary alicyclic amines) is 1. The molecule has 2 aliphatic rings. The summed E-state index contributed by atoms with van der Waals surface area (Å²) in [6, 6.07) is 0.304. The third-order valence-electron chi connectivity index (χ3n) is 3.91. The van der Waals surface area contributed by atoms with Gasteiger partial charge in [0, 0.05) is 44.8 Å². The fourth-order valence-electron chi connectivity index (χ4n) is 2.73. The summed E-state index contributed by atoms with van der Waals surface area (Å²) in [5.74, 6) is 0.347. The number of amides is 1. The van der Waals surface area contributed by atoms with Gasteiger partial charge in [0.25, 0.3) is 0 Å². The molecule has 2 rings (SSSR count). The maximum atomic E-state index is 12.1. The first-order chi connectivity index (χ1) is 9.15. The summed E-state index contributed by atoms with van der Waals surface area (Å²) in [6.45, 7) is 4.02. The largest absolute Gasteiger partial charge is 0.392 e. The third kappa shape index (κ3) is 4.71. The van der Waals surface area contributed by atoms with Gasteiger partial charge in [-0.2, -0.15) is 0 Å². The molecule has 0 saturated carbocycles. The van der Waals surface area contributed by atoms with E-state index in [1.54, 1.807) is 0 Å². The Hall–Kier alpha value is -0.720. The lowest BCUT2D eigenvalue weighted by molar-refractivity contribution is -0.128. The first-order valence-electron chi connectivity index (χ1n) is 7.04. The quantitative estimate of drug-likeness (QED) is 0.726. The number of piperidine rings is 1. The number of rotatable bonds is 4. The van der Waals surface area contributed by atoms with E-state index < -0.39 is 0 Å². The first kappa shape index (κ1) is 14.7. The third-order valence-corrected chi connectivity index (χ3v) is 4.03.